The van der Waals surface area contributed by atoms with Crippen molar-refractivity contribution >= 4 is 15.9 Å². The summed E-state index contributed by atoms with van der Waals surface area (Å²) in [6.07, 6.45) is 0. The first-order valence-electron chi connectivity index (χ1n) is 6.75. The van der Waals surface area contributed by atoms with Gasteiger partial charge in [-0.2, -0.15) is 0 Å². The number of nitrogens with one attached hydrogen (secondary N) is 1. The molecule has 0 saturated carbocycles. The molecule has 1 N–H and O–H groups in total. The van der Waals surface area contributed by atoms with Crippen LogP contribution in [0.3, 0.4) is 0 Å². The van der Waals surface area contributed by atoms with Crippen LogP contribution in [-0.2, 0) is 0 Å². The lowest BCUT2D eigenvalue weighted by molar-refractivity contribution is 0.412. The Labute approximate surface area is 133 Å². The first-order chi connectivity index (χ1) is 9.97. The van der Waals surface area contributed by atoms with Crippen molar-refractivity contribution in [2.24, 2.45) is 0 Å². The van der Waals surface area contributed by atoms with Crippen molar-refractivity contribution in [1.29, 1.82) is 0 Å². The van der Waals surface area contributed by atoms with Crippen LogP contribution in [0.5, 0.6) is 5.75 Å². The normalized spacial score (nSPS) is 12.3. The van der Waals surface area contributed by atoms with Gasteiger partial charge >= 0.3 is 0 Å². The van der Waals surface area contributed by atoms with Crippen molar-refractivity contribution < 1.29 is 9.13 Å². The van der Waals surface area contributed by atoms with E-state index in [-0.39, 0.29) is 11.9 Å². The Morgan fingerprint density at radius 1 is 1.14 bits per heavy atom. The molecule has 1 atom stereocenters. The predicted molar refractivity (Wildman–Crippen MR) is 87.5 cm³/mol. The molecule has 0 aromatic heterocycles. The van der Waals surface area contributed by atoms with Crippen molar-refractivity contribution in [2.75, 3.05) is 14.2 Å². The second kappa shape index (κ2) is 6.58. The molecule has 0 amide bonds. The zero-order chi connectivity index (χ0) is 15.6. The second-order valence-corrected chi connectivity index (χ2v) is 5.92. The summed E-state index contributed by atoms with van der Waals surface area (Å²) in [5.74, 6) is 0.598. The minimum atomic E-state index is -0.195. The zero-order valence-corrected chi connectivity index (χ0v) is 14.2. The molecule has 0 saturated heterocycles. The molecule has 21 heavy (non-hydrogen) atoms. The van der Waals surface area contributed by atoms with Crippen molar-refractivity contribution in [1.82, 2.24) is 5.32 Å². The van der Waals surface area contributed by atoms with E-state index in [9.17, 15) is 4.39 Å². The minimum absolute atomic E-state index is 0.00723. The zero-order valence-electron chi connectivity index (χ0n) is 12.6. The number of rotatable bonds is 4. The van der Waals surface area contributed by atoms with Gasteiger partial charge in [0, 0.05) is 0 Å². The molecule has 2 nitrogen and oxygen atoms in total. The predicted octanol–water partition coefficient (Wildman–Crippen LogP) is 4.52. The first kappa shape index (κ1) is 16.0. The molecule has 0 heterocycles. The monoisotopic (exact) mass is 351 g/mol. The molecule has 2 aromatic rings. The van der Waals surface area contributed by atoms with E-state index in [1.807, 2.05) is 39.1 Å². The first-order valence-corrected chi connectivity index (χ1v) is 7.54. The van der Waals surface area contributed by atoms with Gasteiger partial charge in [-0.25, -0.2) is 4.39 Å². The van der Waals surface area contributed by atoms with Gasteiger partial charge in [-0.1, -0.05) is 6.07 Å². The lowest BCUT2D eigenvalue weighted by Gasteiger charge is -2.22. The van der Waals surface area contributed by atoms with E-state index in [0.29, 0.717) is 0 Å². The van der Waals surface area contributed by atoms with Crippen LogP contribution in [0, 0.1) is 19.7 Å². The highest BCUT2D eigenvalue weighted by Crippen LogP contribution is 2.33. The van der Waals surface area contributed by atoms with Crippen LogP contribution in [0.15, 0.2) is 34.8 Å². The van der Waals surface area contributed by atoms with Crippen molar-refractivity contribution in [3.8, 4) is 5.75 Å². The Morgan fingerprint density at radius 2 is 1.76 bits per heavy atom. The van der Waals surface area contributed by atoms with Crippen LogP contribution >= 0.6 is 15.9 Å². The van der Waals surface area contributed by atoms with Crippen molar-refractivity contribution in [3.63, 3.8) is 0 Å². The highest BCUT2D eigenvalue weighted by Gasteiger charge is 2.18. The van der Waals surface area contributed by atoms with E-state index in [1.54, 1.807) is 19.2 Å². The largest absolute Gasteiger partial charge is 0.496 e. The van der Waals surface area contributed by atoms with E-state index in [0.717, 1.165) is 32.5 Å². The SMILES string of the molecule is CNC(c1ccc(OC)c(Br)c1)c1c(C)cc(F)cc1C. The molecule has 0 bridgehead atoms. The van der Waals surface area contributed by atoms with E-state index in [2.05, 4.69) is 21.2 Å². The molecule has 2 aromatic carbocycles. The highest BCUT2D eigenvalue weighted by molar-refractivity contribution is 9.10. The average molecular weight is 352 g/mol. The van der Waals surface area contributed by atoms with E-state index < -0.39 is 0 Å². The fraction of sp³-hybridized carbons (Fsp3) is 0.294. The number of hydrogen-bond donors (Lipinski definition) is 1. The molecule has 0 aliphatic heterocycles. The third kappa shape index (κ3) is 3.27. The van der Waals surface area contributed by atoms with Gasteiger partial charge in [0.1, 0.15) is 11.6 Å². The van der Waals surface area contributed by atoms with Crippen LogP contribution < -0.4 is 10.1 Å². The van der Waals surface area contributed by atoms with Crippen LogP contribution in [0.25, 0.3) is 0 Å². The molecule has 1 unspecified atom stereocenters. The van der Waals surface area contributed by atoms with E-state index >= 15 is 0 Å². The maximum Gasteiger partial charge on any atom is 0.133 e. The molecule has 4 heteroatoms. The summed E-state index contributed by atoms with van der Waals surface area (Å²) in [4.78, 5) is 0. The summed E-state index contributed by atoms with van der Waals surface area (Å²) < 4.78 is 19.7. The Morgan fingerprint density at radius 3 is 2.24 bits per heavy atom. The highest BCUT2D eigenvalue weighted by atomic mass is 79.9. The standard InChI is InChI=1S/C17H19BrFNO/c1-10-7-13(19)8-11(2)16(10)17(20-3)12-5-6-15(21-4)14(18)9-12/h5-9,17,20H,1-4H3. The molecule has 112 valence electrons. The Bertz CT molecular complexity index is 634. The lowest BCUT2D eigenvalue weighted by Crippen LogP contribution is -2.20. The summed E-state index contributed by atoms with van der Waals surface area (Å²) >= 11 is 3.51. The minimum Gasteiger partial charge on any atom is -0.496 e. The van der Waals surface area contributed by atoms with Crippen LogP contribution in [0.2, 0.25) is 0 Å². The summed E-state index contributed by atoms with van der Waals surface area (Å²) in [7, 11) is 3.55. The fourth-order valence-electron chi connectivity index (χ4n) is 2.72. The topological polar surface area (TPSA) is 21.3 Å². The Balaban J connectivity index is 2.52. The van der Waals surface area contributed by atoms with Gasteiger partial charge in [0.2, 0.25) is 0 Å². The molecule has 0 aliphatic rings. The van der Waals surface area contributed by atoms with Crippen LogP contribution in [-0.4, -0.2) is 14.2 Å². The summed E-state index contributed by atoms with van der Waals surface area (Å²) in [6, 6.07) is 9.14. The molecular formula is C17H19BrFNO. The van der Waals surface area contributed by atoms with E-state index in [4.69, 9.17) is 4.74 Å². The fourth-order valence-corrected chi connectivity index (χ4v) is 3.28. The quantitative estimate of drug-likeness (QED) is 0.873. The number of methoxy groups -OCH3 is 1. The molecule has 0 aliphatic carbocycles. The third-order valence-corrected chi connectivity index (χ3v) is 4.26. The van der Waals surface area contributed by atoms with Gasteiger partial charge in [0.15, 0.2) is 0 Å². The van der Waals surface area contributed by atoms with Gasteiger partial charge in [0.25, 0.3) is 0 Å². The Kier molecular flexibility index (Phi) is 5.01. The molecular weight excluding hydrogens is 333 g/mol. The maximum atomic E-state index is 13.5. The van der Waals surface area contributed by atoms with Gasteiger partial charge in [-0.05, 0) is 83.3 Å². The van der Waals surface area contributed by atoms with Crippen molar-refractivity contribution in [2.45, 2.75) is 19.9 Å². The molecule has 0 radical (unpaired) electrons. The number of aryl methyl sites for hydroxylation is 2. The maximum absolute atomic E-state index is 13.5. The van der Waals surface area contributed by atoms with Gasteiger partial charge < -0.3 is 10.1 Å². The average Bonchev–Trinajstić information content (AvgIpc) is 2.42. The number of benzene rings is 2. The van der Waals surface area contributed by atoms with Gasteiger partial charge in [-0.15, -0.1) is 0 Å². The summed E-state index contributed by atoms with van der Waals surface area (Å²) in [5, 5.41) is 3.32. The molecule has 0 spiro atoms. The smallest absolute Gasteiger partial charge is 0.133 e. The Hall–Kier alpha value is -1.39. The summed E-state index contributed by atoms with van der Waals surface area (Å²) in [5.41, 5.74) is 4.09. The summed E-state index contributed by atoms with van der Waals surface area (Å²) in [6.45, 7) is 3.88. The molecule has 2 rings (SSSR count). The second-order valence-electron chi connectivity index (χ2n) is 5.07. The van der Waals surface area contributed by atoms with Gasteiger partial charge in [-0.3, -0.25) is 0 Å². The van der Waals surface area contributed by atoms with Crippen molar-refractivity contribution in [3.05, 3.63) is 62.9 Å². The number of hydrogen-bond acceptors (Lipinski definition) is 2. The van der Waals surface area contributed by atoms with E-state index in [1.165, 1.54) is 0 Å². The number of halogens is 2. The van der Waals surface area contributed by atoms with Crippen LogP contribution in [0.4, 0.5) is 4.39 Å². The van der Waals surface area contributed by atoms with Gasteiger partial charge in [0.05, 0.1) is 17.6 Å². The molecule has 0 fully saturated rings. The number of ether oxygens (including phenoxy) is 1. The third-order valence-electron chi connectivity index (χ3n) is 3.65. The van der Waals surface area contributed by atoms with Crippen LogP contribution in [0.1, 0.15) is 28.3 Å². The lowest BCUT2D eigenvalue weighted by atomic mass is 9.91.